The van der Waals surface area contributed by atoms with E-state index in [4.69, 9.17) is 0 Å². The summed E-state index contributed by atoms with van der Waals surface area (Å²) in [7, 11) is 0. The maximum Gasteiger partial charge on any atom is 0.0468 e. The summed E-state index contributed by atoms with van der Waals surface area (Å²) in [6.07, 6.45) is 0. The van der Waals surface area contributed by atoms with Crippen molar-refractivity contribution in [2.45, 2.75) is 0 Å². The molecule has 0 heterocycles. The molecule has 0 saturated carbocycles. The lowest BCUT2D eigenvalue weighted by molar-refractivity contribution is 1.28. The molecule has 0 spiro atoms. The second-order valence-electron chi connectivity index (χ2n) is 13.1. The number of nitrogens with zero attached hydrogens (tertiary/aromatic N) is 2. The molecule has 0 aliphatic rings. The molecule has 0 aliphatic carbocycles. The Labute approximate surface area is 305 Å². The minimum atomic E-state index is 1.12. The van der Waals surface area contributed by atoms with E-state index in [1.165, 1.54) is 43.8 Å². The molecule has 246 valence electrons. The molecular weight excluding hydrogens is 629 g/mol. The van der Waals surface area contributed by atoms with Gasteiger partial charge in [-0.2, -0.15) is 0 Å². The second kappa shape index (κ2) is 13.8. The minimum Gasteiger partial charge on any atom is -0.311 e. The summed E-state index contributed by atoms with van der Waals surface area (Å²) in [5.74, 6) is 0. The fourth-order valence-electron chi connectivity index (χ4n) is 7.16. The zero-order valence-electron chi connectivity index (χ0n) is 28.7. The summed E-state index contributed by atoms with van der Waals surface area (Å²) in [4.78, 5) is 4.64. The molecule has 2 heteroatoms. The van der Waals surface area contributed by atoms with Crippen LogP contribution in [0.3, 0.4) is 0 Å². The number of anilines is 6. The lowest BCUT2D eigenvalue weighted by atomic mass is 9.99. The zero-order chi connectivity index (χ0) is 34.7. The van der Waals surface area contributed by atoms with Crippen molar-refractivity contribution in [1.29, 1.82) is 0 Å². The largest absolute Gasteiger partial charge is 0.311 e. The van der Waals surface area contributed by atoms with Crippen molar-refractivity contribution in [3.05, 3.63) is 218 Å². The van der Waals surface area contributed by atoms with Crippen molar-refractivity contribution in [2.24, 2.45) is 0 Å². The standard InChI is InChI=1S/C50H36N2/c1-5-13-37(14-6-1)39-21-23-43-35-49(31-27-41(43)33-39)52(47-19-11-4-12-20-47)50-32-28-42-34-40(22-24-44(42)36-50)38-25-29-48(30-26-38)51(45-15-7-2-8-16-45)46-17-9-3-10-18-46/h1-36H. The van der Waals surface area contributed by atoms with Gasteiger partial charge in [0.2, 0.25) is 0 Å². The molecule has 9 aromatic rings. The van der Waals surface area contributed by atoms with Gasteiger partial charge < -0.3 is 9.80 Å². The molecule has 9 aromatic carbocycles. The van der Waals surface area contributed by atoms with E-state index in [0.29, 0.717) is 0 Å². The monoisotopic (exact) mass is 664 g/mol. The van der Waals surface area contributed by atoms with Gasteiger partial charge in [0, 0.05) is 34.1 Å². The molecule has 0 aliphatic heterocycles. The van der Waals surface area contributed by atoms with Gasteiger partial charge in [-0.1, -0.05) is 133 Å². The van der Waals surface area contributed by atoms with Gasteiger partial charge in [0.05, 0.1) is 0 Å². The third-order valence-electron chi connectivity index (χ3n) is 9.77. The number of hydrogen-bond acceptors (Lipinski definition) is 2. The predicted molar refractivity (Wildman–Crippen MR) is 222 cm³/mol. The minimum absolute atomic E-state index is 1.12. The summed E-state index contributed by atoms with van der Waals surface area (Å²) in [5.41, 5.74) is 11.6. The van der Waals surface area contributed by atoms with Crippen LogP contribution in [0.1, 0.15) is 0 Å². The van der Waals surface area contributed by atoms with E-state index in [2.05, 4.69) is 228 Å². The number of hydrogen-bond donors (Lipinski definition) is 0. The first-order valence-corrected chi connectivity index (χ1v) is 17.8. The average Bonchev–Trinajstić information content (AvgIpc) is 3.22. The van der Waals surface area contributed by atoms with E-state index in [9.17, 15) is 0 Å². The molecule has 0 N–H and O–H groups in total. The van der Waals surface area contributed by atoms with Gasteiger partial charge in [0.1, 0.15) is 0 Å². The normalized spacial score (nSPS) is 11.1. The first-order valence-electron chi connectivity index (χ1n) is 17.8. The maximum atomic E-state index is 2.35. The summed E-state index contributed by atoms with van der Waals surface area (Å²) in [6, 6.07) is 78.2. The van der Waals surface area contributed by atoms with Crippen LogP contribution in [0.25, 0.3) is 43.8 Å². The van der Waals surface area contributed by atoms with Crippen molar-refractivity contribution in [3.8, 4) is 22.3 Å². The first kappa shape index (κ1) is 31.1. The van der Waals surface area contributed by atoms with Gasteiger partial charge in [-0.25, -0.2) is 0 Å². The van der Waals surface area contributed by atoms with Gasteiger partial charge >= 0.3 is 0 Å². The van der Waals surface area contributed by atoms with E-state index >= 15 is 0 Å². The SMILES string of the molecule is c1ccc(-c2ccc3cc(N(c4ccccc4)c4ccc5cc(-c6ccc(N(c7ccccc7)c7ccccc7)cc6)ccc5c4)ccc3c2)cc1. The van der Waals surface area contributed by atoms with Gasteiger partial charge in [0.25, 0.3) is 0 Å². The molecule has 0 bridgehead atoms. The van der Waals surface area contributed by atoms with E-state index in [0.717, 1.165) is 34.1 Å². The van der Waals surface area contributed by atoms with Gasteiger partial charge in [-0.3, -0.25) is 0 Å². The predicted octanol–water partition coefficient (Wildman–Crippen LogP) is 14.3. The van der Waals surface area contributed by atoms with Crippen molar-refractivity contribution in [3.63, 3.8) is 0 Å². The van der Waals surface area contributed by atoms with Crippen LogP contribution in [-0.4, -0.2) is 0 Å². The lowest BCUT2D eigenvalue weighted by Gasteiger charge is -2.26. The molecule has 0 saturated heterocycles. The maximum absolute atomic E-state index is 2.35. The van der Waals surface area contributed by atoms with Crippen LogP contribution in [0.2, 0.25) is 0 Å². The smallest absolute Gasteiger partial charge is 0.0468 e. The molecule has 0 aromatic heterocycles. The Balaban J connectivity index is 1.04. The summed E-state index contributed by atoms with van der Waals surface area (Å²) < 4.78 is 0. The van der Waals surface area contributed by atoms with Crippen LogP contribution >= 0.6 is 0 Å². The van der Waals surface area contributed by atoms with E-state index in [1.807, 2.05) is 0 Å². The Morgan fingerprint density at radius 1 is 0.192 bits per heavy atom. The van der Waals surface area contributed by atoms with Gasteiger partial charge in [-0.05, 0) is 129 Å². The Bertz CT molecular complexity index is 2560. The Morgan fingerprint density at radius 3 is 0.923 bits per heavy atom. The second-order valence-corrected chi connectivity index (χ2v) is 13.1. The van der Waals surface area contributed by atoms with Crippen LogP contribution < -0.4 is 9.80 Å². The zero-order valence-corrected chi connectivity index (χ0v) is 28.7. The fourth-order valence-corrected chi connectivity index (χ4v) is 7.16. The van der Waals surface area contributed by atoms with E-state index in [-0.39, 0.29) is 0 Å². The van der Waals surface area contributed by atoms with Crippen LogP contribution in [0.5, 0.6) is 0 Å². The fraction of sp³-hybridized carbons (Fsp3) is 0. The molecule has 0 fully saturated rings. The Hall–Kier alpha value is -6.90. The molecule has 0 unspecified atom stereocenters. The first-order chi connectivity index (χ1) is 25.8. The van der Waals surface area contributed by atoms with Gasteiger partial charge in [0.15, 0.2) is 0 Å². The Kier molecular flexibility index (Phi) is 8.24. The van der Waals surface area contributed by atoms with E-state index < -0.39 is 0 Å². The summed E-state index contributed by atoms with van der Waals surface area (Å²) in [5, 5.41) is 4.85. The highest BCUT2D eigenvalue weighted by Crippen LogP contribution is 2.39. The van der Waals surface area contributed by atoms with Crippen LogP contribution in [0, 0.1) is 0 Å². The quantitative estimate of drug-likeness (QED) is 0.159. The number of benzene rings is 9. The highest BCUT2D eigenvalue weighted by Gasteiger charge is 2.15. The van der Waals surface area contributed by atoms with Crippen LogP contribution in [0.4, 0.5) is 34.1 Å². The third kappa shape index (κ3) is 6.19. The number of para-hydroxylation sites is 3. The number of fused-ring (bicyclic) bond motifs is 2. The average molecular weight is 665 g/mol. The lowest BCUT2D eigenvalue weighted by Crippen LogP contribution is -2.09. The van der Waals surface area contributed by atoms with Crippen LogP contribution in [-0.2, 0) is 0 Å². The highest BCUT2D eigenvalue weighted by atomic mass is 15.1. The van der Waals surface area contributed by atoms with Crippen LogP contribution in [0.15, 0.2) is 218 Å². The summed E-state index contributed by atoms with van der Waals surface area (Å²) >= 11 is 0. The summed E-state index contributed by atoms with van der Waals surface area (Å²) in [6.45, 7) is 0. The van der Waals surface area contributed by atoms with E-state index in [1.54, 1.807) is 0 Å². The molecule has 0 amide bonds. The highest BCUT2D eigenvalue weighted by molar-refractivity contribution is 5.95. The van der Waals surface area contributed by atoms with Crippen molar-refractivity contribution < 1.29 is 0 Å². The Morgan fingerprint density at radius 2 is 0.481 bits per heavy atom. The van der Waals surface area contributed by atoms with Crippen molar-refractivity contribution in [2.75, 3.05) is 9.80 Å². The van der Waals surface area contributed by atoms with Gasteiger partial charge in [-0.15, -0.1) is 0 Å². The molecule has 2 nitrogen and oxygen atoms in total. The van der Waals surface area contributed by atoms with Crippen molar-refractivity contribution >= 4 is 55.7 Å². The number of rotatable bonds is 8. The molecular formula is C50H36N2. The van der Waals surface area contributed by atoms with Crippen molar-refractivity contribution in [1.82, 2.24) is 0 Å². The molecule has 9 rings (SSSR count). The molecule has 0 radical (unpaired) electrons. The molecule has 0 atom stereocenters. The third-order valence-corrected chi connectivity index (χ3v) is 9.77. The molecule has 52 heavy (non-hydrogen) atoms. The topological polar surface area (TPSA) is 6.48 Å².